The molecule has 0 aromatic heterocycles. The third-order valence-electron chi connectivity index (χ3n) is 1.57. The third kappa shape index (κ3) is 7.60. The Bertz CT molecular complexity index is 140. The number of unbranched alkanes of at least 4 members (excludes halogenated alkanes) is 1. The summed E-state index contributed by atoms with van der Waals surface area (Å²) in [4.78, 5) is 10.3. The van der Waals surface area contributed by atoms with Crippen molar-refractivity contribution in [3.05, 3.63) is 12.2 Å². The van der Waals surface area contributed by atoms with Crippen LogP contribution >= 0.6 is 11.6 Å². The zero-order valence-corrected chi connectivity index (χ0v) is 7.90. The maximum Gasteiger partial charge on any atom is 0.244 e. The van der Waals surface area contributed by atoms with Gasteiger partial charge in [0.2, 0.25) is 5.24 Å². The monoisotopic (exact) mass is 174 g/mol. The lowest BCUT2D eigenvalue weighted by Gasteiger charge is -2.02. The number of halogens is 1. The molecule has 0 rings (SSSR count). The van der Waals surface area contributed by atoms with Gasteiger partial charge < -0.3 is 0 Å². The predicted octanol–water partition coefficient (Wildman–Crippen LogP) is 3.13. The molecule has 0 amide bonds. The van der Waals surface area contributed by atoms with Crippen LogP contribution in [0.4, 0.5) is 0 Å². The molecule has 0 saturated heterocycles. The molecular weight excluding hydrogens is 160 g/mol. The van der Waals surface area contributed by atoms with Crippen LogP contribution in [0.15, 0.2) is 12.2 Å². The molecule has 0 aromatic carbocycles. The molecule has 11 heavy (non-hydrogen) atoms. The molecule has 0 N–H and O–H groups in total. The first-order valence-electron chi connectivity index (χ1n) is 4.04. The van der Waals surface area contributed by atoms with Crippen molar-refractivity contribution in [3.63, 3.8) is 0 Å². The Labute approximate surface area is 73.4 Å². The van der Waals surface area contributed by atoms with Crippen molar-refractivity contribution in [2.75, 3.05) is 0 Å². The van der Waals surface area contributed by atoms with Crippen molar-refractivity contribution in [2.24, 2.45) is 5.92 Å². The van der Waals surface area contributed by atoms with Crippen LogP contribution in [0.3, 0.4) is 0 Å². The van der Waals surface area contributed by atoms with Gasteiger partial charge in [-0.1, -0.05) is 32.8 Å². The summed E-state index contributed by atoms with van der Waals surface area (Å²) in [6, 6.07) is 0. The average molecular weight is 175 g/mol. The maximum absolute atomic E-state index is 10.3. The molecule has 0 aliphatic carbocycles. The molecule has 0 heterocycles. The Morgan fingerprint density at radius 2 is 2.27 bits per heavy atom. The third-order valence-corrected chi connectivity index (χ3v) is 1.69. The smallest absolute Gasteiger partial charge is 0.244 e. The van der Waals surface area contributed by atoms with Crippen molar-refractivity contribution < 1.29 is 4.79 Å². The minimum Gasteiger partial charge on any atom is -0.276 e. The van der Waals surface area contributed by atoms with E-state index in [1.807, 2.05) is 6.08 Å². The summed E-state index contributed by atoms with van der Waals surface area (Å²) in [6.07, 6.45) is 6.85. The summed E-state index contributed by atoms with van der Waals surface area (Å²) in [5.41, 5.74) is 0. The largest absolute Gasteiger partial charge is 0.276 e. The Kier molecular flexibility index (Phi) is 6.24. The van der Waals surface area contributed by atoms with Crippen molar-refractivity contribution >= 4 is 16.8 Å². The highest BCUT2D eigenvalue weighted by atomic mass is 35.5. The first-order valence-corrected chi connectivity index (χ1v) is 4.42. The van der Waals surface area contributed by atoms with Gasteiger partial charge in [-0.2, -0.15) is 0 Å². The number of hydrogen-bond acceptors (Lipinski definition) is 1. The maximum atomic E-state index is 10.3. The summed E-state index contributed by atoms with van der Waals surface area (Å²) < 4.78 is 0. The number of rotatable bonds is 5. The second-order valence-electron chi connectivity index (χ2n) is 2.78. The van der Waals surface area contributed by atoms with Gasteiger partial charge in [-0.25, -0.2) is 0 Å². The summed E-state index contributed by atoms with van der Waals surface area (Å²) in [6.45, 7) is 4.25. The first kappa shape index (κ1) is 10.7. The quantitative estimate of drug-likeness (QED) is 0.462. The van der Waals surface area contributed by atoms with E-state index in [1.54, 1.807) is 0 Å². The molecule has 0 aliphatic rings. The van der Waals surface area contributed by atoms with Crippen LogP contribution in [0, 0.1) is 5.92 Å². The molecule has 1 unspecified atom stereocenters. The van der Waals surface area contributed by atoms with E-state index in [2.05, 4.69) is 13.8 Å². The molecular formula is C9H15ClO. The van der Waals surface area contributed by atoms with Gasteiger partial charge in [-0.15, -0.1) is 0 Å². The molecule has 1 atom stereocenters. The van der Waals surface area contributed by atoms with E-state index in [-0.39, 0.29) is 5.24 Å². The van der Waals surface area contributed by atoms with Gasteiger partial charge in [0, 0.05) is 0 Å². The van der Waals surface area contributed by atoms with Crippen LogP contribution in [0.25, 0.3) is 0 Å². The molecule has 0 aromatic rings. The minimum atomic E-state index is -0.381. The molecule has 2 heteroatoms. The predicted molar refractivity (Wildman–Crippen MR) is 48.7 cm³/mol. The summed E-state index contributed by atoms with van der Waals surface area (Å²) in [7, 11) is 0. The van der Waals surface area contributed by atoms with E-state index in [1.165, 1.54) is 18.9 Å². The first-order chi connectivity index (χ1) is 5.16. The zero-order valence-electron chi connectivity index (χ0n) is 7.14. The summed E-state index contributed by atoms with van der Waals surface area (Å²) in [5, 5.41) is -0.381. The molecule has 1 nitrogen and oxygen atoms in total. The van der Waals surface area contributed by atoms with Gasteiger partial charge in [0.25, 0.3) is 0 Å². The van der Waals surface area contributed by atoms with Gasteiger partial charge in [-0.3, -0.25) is 4.79 Å². The second-order valence-corrected chi connectivity index (χ2v) is 3.16. The van der Waals surface area contributed by atoms with Gasteiger partial charge in [0.1, 0.15) is 0 Å². The highest BCUT2D eigenvalue weighted by molar-refractivity contribution is 6.66. The Morgan fingerprint density at radius 3 is 2.73 bits per heavy atom. The van der Waals surface area contributed by atoms with Gasteiger partial charge in [0.05, 0.1) is 0 Å². The highest BCUT2D eigenvalue weighted by Crippen LogP contribution is 2.08. The molecule has 0 spiro atoms. The SMILES string of the molecule is CCCCC(C)/C=C/C(=O)Cl. The average Bonchev–Trinajstić information content (AvgIpc) is 1.97. The van der Waals surface area contributed by atoms with Gasteiger partial charge in [-0.05, 0) is 30.0 Å². The normalized spacial score (nSPS) is 13.7. The molecule has 0 aliphatic heterocycles. The van der Waals surface area contributed by atoms with Gasteiger partial charge >= 0.3 is 0 Å². The fourth-order valence-electron chi connectivity index (χ4n) is 0.862. The molecule has 64 valence electrons. The van der Waals surface area contributed by atoms with Crippen LogP contribution in [0.2, 0.25) is 0 Å². The van der Waals surface area contributed by atoms with Crippen LogP contribution in [0.5, 0.6) is 0 Å². The van der Waals surface area contributed by atoms with E-state index in [0.29, 0.717) is 5.92 Å². The van der Waals surface area contributed by atoms with Crippen molar-refractivity contribution in [1.82, 2.24) is 0 Å². The summed E-state index contributed by atoms with van der Waals surface area (Å²) in [5.74, 6) is 0.470. The van der Waals surface area contributed by atoms with E-state index < -0.39 is 0 Å². The Morgan fingerprint density at radius 1 is 1.64 bits per heavy atom. The molecule has 0 fully saturated rings. The lowest BCUT2D eigenvalue weighted by atomic mass is 10.0. The molecule has 0 bridgehead atoms. The number of carbonyl (C=O) groups is 1. The van der Waals surface area contributed by atoms with Crippen molar-refractivity contribution in [1.29, 1.82) is 0 Å². The Hall–Kier alpha value is -0.300. The highest BCUT2D eigenvalue weighted by Gasteiger charge is 1.95. The fraction of sp³-hybridized carbons (Fsp3) is 0.667. The van der Waals surface area contributed by atoms with Crippen LogP contribution in [-0.4, -0.2) is 5.24 Å². The fourth-order valence-corrected chi connectivity index (χ4v) is 0.935. The number of hydrogen-bond donors (Lipinski definition) is 0. The molecule has 0 saturated carbocycles. The summed E-state index contributed by atoms with van der Waals surface area (Å²) >= 11 is 5.13. The zero-order chi connectivity index (χ0) is 8.69. The topological polar surface area (TPSA) is 17.1 Å². The van der Waals surface area contributed by atoms with Crippen LogP contribution in [-0.2, 0) is 4.79 Å². The standard InChI is InChI=1S/C9H15ClO/c1-3-4-5-8(2)6-7-9(10)11/h6-8H,3-5H2,1-2H3/b7-6+. The van der Waals surface area contributed by atoms with Crippen molar-refractivity contribution in [2.45, 2.75) is 33.1 Å². The lowest BCUT2D eigenvalue weighted by Crippen LogP contribution is -1.89. The van der Waals surface area contributed by atoms with E-state index in [4.69, 9.17) is 11.6 Å². The second kappa shape index (κ2) is 6.41. The molecule has 0 radical (unpaired) electrons. The van der Waals surface area contributed by atoms with E-state index in [0.717, 1.165) is 6.42 Å². The Balaban J connectivity index is 3.50. The van der Waals surface area contributed by atoms with E-state index >= 15 is 0 Å². The minimum absolute atomic E-state index is 0.381. The number of allylic oxidation sites excluding steroid dienone is 2. The van der Waals surface area contributed by atoms with Crippen LogP contribution in [0.1, 0.15) is 33.1 Å². The number of carbonyl (C=O) groups excluding carboxylic acids is 1. The van der Waals surface area contributed by atoms with Gasteiger partial charge in [0.15, 0.2) is 0 Å². The van der Waals surface area contributed by atoms with E-state index in [9.17, 15) is 4.79 Å². The van der Waals surface area contributed by atoms with Crippen molar-refractivity contribution in [3.8, 4) is 0 Å². The van der Waals surface area contributed by atoms with Crippen LogP contribution < -0.4 is 0 Å². The lowest BCUT2D eigenvalue weighted by molar-refractivity contribution is -0.107.